The van der Waals surface area contributed by atoms with E-state index in [4.69, 9.17) is 0 Å². The molecule has 96 valence electrons. The molecule has 1 N–H and O–H groups in total. The Morgan fingerprint density at radius 2 is 2.29 bits per heavy atom. The van der Waals surface area contributed by atoms with E-state index in [9.17, 15) is 5.11 Å². The first-order chi connectivity index (χ1) is 8.31. The van der Waals surface area contributed by atoms with Crippen LogP contribution in [0.3, 0.4) is 0 Å². The van der Waals surface area contributed by atoms with Gasteiger partial charge in [-0.3, -0.25) is 0 Å². The molecule has 0 saturated carbocycles. The van der Waals surface area contributed by atoms with Gasteiger partial charge in [-0.25, -0.2) is 4.68 Å². The maximum absolute atomic E-state index is 10.3. The van der Waals surface area contributed by atoms with E-state index >= 15 is 0 Å². The predicted molar refractivity (Wildman–Crippen MR) is 69.9 cm³/mol. The SMILES string of the molecule is CCCn1nncc1C(O)CC1CCSCC1. The number of thioether (sulfide) groups is 1. The van der Waals surface area contributed by atoms with Gasteiger partial charge >= 0.3 is 0 Å². The summed E-state index contributed by atoms with van der Waals surface area (Å²) in [6, 6.07) is 0. The first kappa shape index (κ1) is 12.9. The molecule has 2 heterocycles. The van der Waals surface area contributed by atoms with Crippen molar-refractivity contribution in [3.63, 3.8) is 0 Å². The molecule has 1 atom stereocenters. The first-order valence-corrected chi connectivity index (χ1v) is 7.61. The molecule has 0 aromatic carbocycles. The lowest BCUT2D eigenvalue weighted by atomic mass is 9.94. The molecule has 5 heteroatoms. The van der Waals surface area contributed by atoms with Crippen LogP contribution in [-0.2, 0) is 6.54 Å². The summed E-state index contributed by atoms with van der Waals surface area (Å²) >= 11 is 2.02. The van der Waals surface area contributed by atoms with Crippen molar-refractivity contribution in [1.29, 1.82) is 0 Å². The summed E-state index contributed by atoms with van der Waals surface area (Å²) in [5.74, 6) is 3.14. The van der Waals surface area contributed by atoms with Crippen LogP contribution in [0.25, 0.3) is 0 Å². The summed E-state index contributed by atoms with van der Waals surface area (Å²) in [7, 11) is 0. The number of aryl methyl sites for hydroxylation is 1. The minimum atomic E-state index is -0.398. The van der Waals surface area contributed by atoms with Gasteiger partial charge in [0.15, 0.2) is 0 Å². The van der Waals surface area contributed by atoms with Gasteiger partial charge in [-0.2, -0.15) is 11.8 Å². The van der Waals surface area contributed by atoms with Gasteiger partial charge in [0.1, 0.15) is 0 Å². The minimum absolute atomic E-state index is 0.398. The zero-order chi connectivity index (χ0) is 12.1. The topological polar surface area (TPSA) is 50.9 Å². The molecule has 17 heavy (non-hydrogen) atoms. The molecule has 2 rings (SSSR count). The van der Waals surface area contributed by atoms with Gasteiger partial charge in [0.05, 0.1) is 18.0 Å². The van der Waals surface area contributed by atoms with Crippen molar-refractivity contribution in [3.05, 3.63) is 11.9 Å². The smallest absolute Gasteiger partial charge is 0.0975 e. The van der Waals surface area contributed by atoms with E-state index in [1.807, 2.05) is 16.4 Å². The Kier molecular flexibility index (Phi) is 4.86. The van der Waals surface area contributed by atoms with Crippen molar-refractivity contribution in [1.82, 2.24) is 15.0 Å². The van der Waals surface area contributed by atoms with Gasteiger partial charge in [0, 0.05) is 6.54 Å². The quantitative estimate of drug-likeness (QED) is 0.877. The molecule has 0 bridgehead atoms. The fourth-order valence-electron chi connectivity index (χ4n) is 2.33. The van der Waals surface area contributed by atoms with Crippen LogP contribution in [0.1, 0.15) is 44.4 Å². The summed E-state index contributed by atoms with van der Waals surface area (Å²) < 4.78 is 1.84. The van der Waals surface area contributed by atoms with Crippen molar-refractivity contribution in [2.24, 2.45) is 5.92 Å². The summed E-state index contributed by atoms with van der Waals surface area (Å²) in [5, 5.41) is 18.2. The van der Waals surface area contributed by atoms with Crippen LogP contribution in [0.4, 0.5) is 0 Å². The highest BCUT2D eigenvalue weighted by molar-refractivity contribution is 7.99. The van der Waals surface area contributed by atoms with Crippen molar-refractivity contribution in [2.75, 3.05) is 11.5 Å². The standard InChI is InChI=1S/C12H21N3OS/c1-2-5-15-11(9-13-14-15)12(16)8-10-3-6-17-7-4-10/h9-10,12,16H,2-8H2,1H3. The Balaban J connectivity index is 1.93. The van der Waals surface area contributed by atoms with Gasteiger partial charge in [0.2, 0.25) is 0 Å². The Morgan fingerprint density at radius 1 is 1.53 bits per heavy atom. The molecule has 0 aliphatic carbocycles. The summed E-state index contributed by atoms with van der Waals surface area (Å²) in [5.41, 5.74) is 0.880. The fraction of sp³-hybridized carbons (Fsp3) is 0.833. The molecule has 0 amide bonds. The zero-order valence-electron chi connectivity index (χ0n) is 10.4. The lowest BCUT2D eigenvalue weighted by molar-refractivity contribution is 0.131. The summed E-state index contributed by atoms with van der Waals surface area (Å²) in [6.07, 6.45) is 5.65. The van der Waals surface area contributed by atoms with Crippen LogP contribution >= 0.6 is 11.8 Å². The van der Waals surface area contributed by atoms with Crippen molar-refractivity contribution >= 4 is 11.8 Å². The first-order valence-electron chi connectivity index (χ1n) is 6.45. The average molecular weight is 255 g/mol. The third kappa shape index (κ3) is 3.45. The van der Waals surface area contributed by atoms with Crippen LogP contribution in [0, 0.1) is 5.92 Å². The molecule has 1 fully saturated rings. The van der Waals surface area contributed by atoms with E-state index in [-0.39, 0.29) is 0 Å². The summed E-state index contributed by atoms with van der Waals surface area (Å²) in [6.45, 7) is 2.95. The van der Waals surface area contributed by atoms with Crippen LogP contribution in [0.2, 0.25) is 0 Å². The number of hydrogen-bond donors (Lipinski definition) is 1. The highest BCUT2D eigenvalue weighted by atomic mass is 32.2. The monoisotopic (exact) mass is 255 g/mol. The molecule has 0 spiro atoms. The highest BCUT2D eigenvalue weighted by Gasteiger charge is 2.21. The normalized spacial score (nSPS) is 19.4. The largest absolute Gasteiger partial charge is 0.387 e. The van der Waals surface area contributed by atoms with E-state index in [1.165, 1.54) is 24.3 Å². The van der Waals surface area contributed by atoms with Gasteiger partial charge in [-0.15, -0.1) is 5.10 Å². The van der Waals surface area contributed by atoms with E-state index in [2.05, 4.69) is 17.2 Å². The highest BCUT2D eigenvalue weighted by Crippen LogP contribution is 2.30. The number of aliphatic hydroxyl groups excluding tert-OH is 1. The Morgan fingerprint density at radius 3 is 3.00 bits per heavy atom. The molecule has 1 saturated heterocycles. The second-order valence-corrected chi connectivity index (χ2v) is 5.91. The zero-order valence-corrected chi connectivity index (χ0v) is 11.2. The summed E-state index contributed by atoms with van der Waals surface area (Å²) in [4.78, 5) is 0. The van der Waals surface area contributed by atoms with E-state index in [0.29, 0.717) is 5.92 Å². The van der Waals surface area contributed by atoms with E-state index in [1.54, 1.807) is 6.20 Å². The van der Waals surface area contributed by atoms with Crippen LogP contribution < -0.4 is 0 Å². The van der Waals surface area contributed by atoms with Crippen molar-refractivity contribution in [3.8, 4) is 0 Å². The van der Waals surface area contributed by atoms with Crippen LogP contribution in [-0.4, -0.2) is 31.6 Å². The molecule has 1 aliphatic heterocycles. The Labute approximate surface area is 107 Å². The number of aliphatic hydroxyl groups is 1. The average Bonchev–Trinajstić information content (AvgIpc) is 2.79. The van der Waals surface area contributed by atoms with Crippen LogP contribution in [0.15, 0.2) is 6.20 Å². The lowest BCUT2D eigenvalue weighted by Gasteiger charge is -2.23. The molecule has 1 unspecified atom stereocenters. The number of nitrogens with zero attached hydrogens (tertiary/aromatic N) is 3. The predicted octanol–water partition coefficient (Wildman–Crippen LogP) is 2.25. The van der Waals surface area contributed by atoms with Crippen LogP contribution in [0.5, 0.6) is 0 Å². The van der Waals surface area contributed by atoms with Gasteiger partial charge in [0.25, 0.3) is 0 Å². The second kappa shape index (κ2) is 6.40. The molecule has 4 nitrogen and oxygen atoms in total. The molecular formula is C12H21N3OS. The molecule has 1 aromatic rings. The van der Waals surface area contributed by atoms with Gasteiger partial charge < -0.3 is 5.11 Å². The Bertz CT molecular complexity index is 336. The molecule has 1 aromatic heterocycles. The van der Waals surface area contributed by atoms with E-state index < -0.39 is 6.10 Å². The molecular weight excluding hydrogens is 234 g/mol. The molecule has 0 radical (unpaired) electrons. The lowest BCUT2D eigenvalue weighted by Crippen LogP contribution is -2.16. The number of hydrogen-bond acceptors (Lipinski definition) is 4. The third-order valence-corrected chi connectivity index (χ3v) is 4.37. The third-order valence-electron chi connectivity index (χ3n) is 3.32. The fourth-order valence-corrected chi connectivity index (χ4v) is 3.53. The minimum Gasteiger partial charge on any atom is -0.387 e. The number of aromatic nitrogens is 3. The number of rotatable bonds is 5. The van der Waals surface area contributed by atoms with Crippen molar-refractivity contribution < 1.29 is 5.11 Å². The van der Waals surface area contributed by atoms with E-state index in [0.717, 1.165) is 25.1 Å². The van der Waals surface area contributed by atoms with Gasteiger partial charge in [-0.05, 0) is 43.1 Å². The molecule has 1 aliphatic rings. The Hall–Kier alpha value is -0.550. The maximum atomic E-state index is 10.3. The second-order valence-electron chi connectivity index (χ2n) is 4.69. The van der Waals surface area contributed by atoms with Gasteiger partial charge in [-0.1, -0.05) is 12.1 Å². The maximum Gasteiger partial charge on any atom is 0.0975 e. The van der Waals surface area contributed by atoms with Crippen molar-refractivity contribution in [2.45, 2.75) is 45.3 Å².